The fraction of sp³-hybridized carbons (Fsp3) is 0.409. The van der Waals surface area contributed by atoms with Gasteiger partial charge in [-0.15, -0.1) is 0 Å². The summed E-state index contributed by atoms with van der Waals surface area (Å²) in [4.78, 5) is 17.6. The van der Waals surface area contributed by atoms with Crippen molar-refractivity contribution in [3.05, 3.63) is 42.4 Å². The molecule has 0 atom stereocenters. The highest BCUT2D eigenvalue weighted by Gasteiger charge is 2.24. The third kappa shape index (κ3) is 4.87. The number of hydrogen-bond donors (Lipinski definition) is 3. The van der Waals surface area contributed by atoms with Crippen molar-refractivity contribution in [2.24, 2.45) is 5.92 Å². The van der Waals surface area contributed by atoms with Crippen molar-refractivity contribution >= 4 is 32.3 Å². The Morgan fingerprint density at radius 3 is 2.65 bits per heavy atom. The van der Waals surface area contributed by atoms with Crippen LogP contribution in [0.25, 0.3) is 22.0 Å². The van der Waals surface area contributed by atoms with Gasteiger partial charge in [-0.25, -0.2) is 8.42 Å². The van der Waals surface area contributed by atoms with E-state index in [1.165, 1.54) is 0 Å². The quantitative estimate of drug-likeness (QED) is 0.541. The minimum absolute atomic E-state index is 0.123. The highest BCUT2D eigenvalue weighted by molar-refractivity contribution is 7.91. The summed E-state index contributed by atoms with van der Waals surface area (Å²) in [5.74, 6) is 0.360. The van der Waals surface area contributed by atoms with Crippen LogP contribution < -0.4 is 10.6 Å². The van der Waals surface area contributed by atoms with Gasteiger partial charge in [-0.2, -0.15) is 5.10 Å². The van der Waals surface area contributed by atoms with Gasteiger partial charge in [0.25, 0.3) is 5.91 Å². The SMILES string of the molecule is CC(C)Nc1c(C(=O)NCC2CCS(=O)(=O)CC2)cnc2ccc(-c3cn[nH]c3)cc12. The molecule has 1 aliphatic rings. The molecule has 1 aromatic carbocycles. The second-order valence-corrected chi connectivity index (χ2v) is 10.7. The summed E-state index contributed by atoms with van der Waals surface area (Å²) in [6.45, 7) is 4.51. The first-order valence-corrected chi connectivity index (χ1v) is 12.3. The fourth-order valence-corrected chi connectivity index (χ4v) is 5.46. The largest absolute Gasteiger partial charge is 0.382 e. The van der Waals surface area contributed by atoms with Gasteiger partial charge in [0.2, 0.25) is 0 Å². The van der Waals surface area contributed by atoms with Crippen molar-refractivity contribution in [2.75, 3.05) is 23.4 Å². The zero-order valence-corrected chi connectivity index (χ0v) is 18.5. The average molecular weight is 442 g/mol. The van der Waals surface area contributed by atoms with E-state index in [0.29, 0.717) is 24.9 Å². The maximum Gasteiger partial charge on any atom is 0.254 e. The van der Waals surface area contributed by atoms with Gasteiger partial charge in [-0.05, 0) is 50.3 Å². The molecule has 4 rings (SSSR count). The van der Waals surface area contributed by atoms with Crippen LogP contribution in [0, 0.1) is 5.92 Å². The summed E-state index contributed by atoms with van der Waals surface area (Å²) in [6.07, 6.45) is 6.36. The molecule has 3 N–H and O–H groups in total. The summed E-state index contributed by atoms with van der Waals surface area (Å²) in [5.41, 5.74) is 3.96. The van der Waals surface area contributed by atoms with Crippen molar-refractivity contribution in [1.82, 2.24) is 20.5 Å². The van der Waals surface area contributed by atoms with Gasteiger partial charge in [-0.3, -0.25) is 14.9 Å². The molecule has 31 heavy (non-hydrogen) atoms. The van der Waals surface area contributed by atoms with Crippen molar-refractivity contribution in [1.29, 1.82) is 0 Å². The Hall–Kier alpha value is -2.94. The molecule has 1 aliphatic heterocycles. The summed E-state index contributed by atoms with van der Waals surface area (Å²) in [5, 5.41) is 14.1. The minimum Gasteiger partial charge on any atom is -0.382 e. The van der Waals surface area contributed by atoms with E-state index >= 15 is 0 Å². The van der Waals surface area contributed by atoms with Crippen LogP contribution >= 0.6 is 0 Å². The van der Waals surface area contributed by atoms with Gasteiger partial charge in [0.1, 0.15) is 9.84 Å². The molecule has 2 aromatic heterocycles. The molecule has 0 unspecified atom stereocenters. The summed E-state index contributed by atoms with van der Waals surface area (Å²) < 4.78 is 23.3. The average Bonchev–Trinajstić information content (AvgIpc) is 3.27. The molecular weight excluding hydrogens is 414 g/mol. The number of nitrogens with one attached hydrogen (secondary N) is 3. The number of carbonyl (C=O) groups is 1. The van der Waals surface area contributed by atoms with Crippen LogP contribution in [0.3, 0.4) is 0 Å². The number of anilines is 1. The number of amides is 1. The number of aromatic nitrogens is 3. The van der Waals surface area contributed by atoms with Gasteiger partial charge in [0.05, 0.1) is 34.5 Å². The van der Waals surface area contributed by atoms with Crippen LogP contribution in [-0.2, 0) is 9.84 Å². The van der Waals surface area contributed by atoms with E-state index in [2.05, 4.69) is 25.8 Å². The van der Waals surface area contributed by atoms with E-state index in [-0.39, 0.29) is 29.4 Å². The van der Waals surface area contributed by atoms with Crippen LogP contribution in [-0.4, -0.2) is 53.6 Å². The highest BCUT2D eigenvalue weighted by Crippen LogP contribution is 2.31. The molecule has 3 heterocycles. The molecule has 0 saturated carbocycles. The van der Waals surface area contributed by atoms with E-state index in [1.54, 1.807) is 12.4 Å². The highest BCUT2D eigenvalue weighted by atomic mass is 32.2. The van der Waals surface area contributed by atoms with Crippen LogP contribution in [0.5, 0.6) is 0 Å². The lowest BCUT2D eigenvalue weighted by molar-refractivity contribution is 0.0947. The van der Waals surface area contributed by atoms with Crippen LogP contribution in [0.2, 0.25) is 0 Å². The van der Waals surface area contributed by atoms with Gasteiger partial charge in [-0.1, -0.05) is 6.07 Å². The number of carbonyl (C=O) groups excluding carboxylic acids is 1. The Balaban J connectivity index is 1.62. The number of nitrogens with zero attached hydrogens (tertiary/aromatic N) is 2. The lowest BCUT2D eigenvalue weighted by Crippen LogP contribution is -2.34. The molecule has 9 heteroatoms. The molecule has 1 saturated heterocycles. The Morgan fingerprint density at radius 1 is 1.19 bits per heavy atom. The molecule has 164 valence electrons. The monoisotopic (exact) mass is 441 g/mol. The zero-order chi connectivity index (χ0) is 22.0. The van der Waals surface area contributed by atoms with Crippen LogP contribution in [0.1, 0.15) is 37.0 Å². The van der Waals surface area contributed by atoms with Crippen molar-refractivity contribution in [3.63, 3.8) is 0 Å². The molecule has 1 fully saturated rings. The maximum absolute atomic E-state index is 13.0. The minimum atomic E-state index is -2.91. The van der Waals surface area contributed by atoms with Gasteiger partial charge in [0, 0.05) is 35.9 Å². The number of sulfone groups is 1. The smallest absolute Gasteiger partial charge is 0.254 e. The van der Waals surface area contributed by atoms with Crippen molar-refractivity contribution in [2.45, 2.75) is 32.7 Å². The number of fused-ring (bicyclic) bond motifs is 1. The molecule has 3 aromatic rings. The van der Waals surface area contributed by atoms with E-state index < -0.39 is 9.84 Å². The zero-order valence-electron chi connectivity index (χ0n) is 17.7. The van der Waals surface area contributed by atoms with Crippen molar-refractivity contribution in [3.8, 4) is 11.1 Å². The van der Waals surface area contributed by atoms with Crippen LogP contribution in [0.4, 0.5) is 5.69 Å². The predicted molar refractivity (Wildman–Crippen MR) is 122 cm³/mol. The Bertz CT molecular complexity index is 1180. The first kappa shape index (κ1) is 21.3. The van der Waals surface area contributed by atoms with E-state index in [4.69, 9.17) is 0 Å². The van der Waals surface area contributed by atoms with Gasteiger partial charge < -0.3 is 10.6 Å². The topological polar surface area (TPSA) is 117 Å². The molecule has 0 radical (unpaired) electrons. The molecule has 0 spiro atoms. The van der Waals surface area contributed by atoms with Gasteiger partial charge in [0.15, 0.2) is 0 Å². The number of pyridine rings is 1. The second-order valence-electron chi connectivity index (χ2n) is 8.37. The maximum atomic E-state index is 13.0. The lowest BCUT2D eigenvalue weighted by Gasteiger charge is -2.23. The summed E-state index contributed by atoms with van der Waals surface area (Å²) >= 11 is 0. The number of aromatic amines is 1. The molecular formula is C22H27N5O3S. The second kappa shape index (κ2) is 8.66. The summed E-state index contributed by atoms with van der Waals surface area (Å²) in [7, 11) is -2.91. The fourth-order valence-electron chi connectivity index (χ4n) is 3.87. The third-order valence-corrected chi connectivity index (χ3v) is 7.32. The Kier molecular flexibility index (Phi) is 5.95. The number of rotatable bonds is 6. The number of benzene rings is 1. The number of hydrogen-bond acceptors (Lipinski definition) is 6. The normalized spacial score (nSPS) is 16.5. The van der Waals surface area contributed by atoms with Crippen molar-refractivity contribution < 1.29 is 13.2 Å². The van der Waals surface area contributed by atoms with E-state index in [9.17, 15) is 13.2 Å². The van der Waals surface area contributed by atoms with Gasteiger partial charge >= 0.3 is 0 Å². The summed E-state index contributed by atoms with van der Waals surface area (Å²) in [6, 6.07) is 6.06. The molecule has 0 bridgehead atoms. The predicted octanol–water partition coefficient (Wildman–Crippen LogP) is 3.00. The number of H-pyrrole nitrogens is 1. The first-order chi connectivity index (χ1) is 14.8. The molecule has 0 aliphatic carbocycles. The Labute approximate surface area is 181 Å². The molecule has 1 amide bonds. The Morgan fingerprint density at radius 2 is 1.97 bits per heavy atom. The van der Waals surface area contributed by atoms with E-state index in [0.717, 1.165) is 27.7 Å². The van der Waals surface area contributed by atoms with Crippen LogP contribution in [0.15, 0.2) is 36.8 Å². The lowest BCUT2D eigenvalue weighted by atomic mass is 10.0. The first-order valence-electron chi connectivity index (χ1n) is 10.5. The molecule has 8 nitrogen and oxygen atoms in total. The third-order valence-electron chi connectivity index (χ3n) is 5.60. The standard InChI is InChI=1S/C22H27N5O3S/c1-14(2)27-21-18-9-16(17-11-25-26-12-17)3-4-20(18)23-13-19(21)22(28)24-10-15-5-7-31(29,30)8-6-15/h3-4,9,11-15H,5-8,10H2,1-2H3,(H,23,27)(H,24,28)(H,25,26). The van der Waals surface area contributed by atoms with E-state index in [1.807, 2.05) is 38.2 Å².